The lowest BCUT2D eigenvalue weighted by Gasteiger charge is -2.38. The molecule has 0 saturated carbocycles. The molecule has 0 radical (unpaired) electrons. The number of amidine groups is 1. The predicted octanol–water partition coefficient (Wildman–Crippen LogP) is 5.84. The highest BCUT2D eigenvalue weighted by atomic mass is 79.9. The Bertz CT molecular complexity index is 1200. The van der Waals surface area contributed by atoms with Crippen molar-refractivity contribution < 1.29 is 9.59 Å². The molecule has 1 atom stereocenters. The summed E-state index contributed by atoms with van der Waals surface area (Å²) in [7, 11) is 0. The molecular formula is C26H24BrN3O2. The van der Waals surface area contributed by atoms with E-state index in [0.29, 0.717) is 16.9 Å². The molecule has 3 aromatic rings. The molecule has 5 nitrogen and oxygen atoms in total. The lowest BCUT2D eigenvalue weighted by atomic mass is 9.96. The van der Waals surface area contributed by atoms with Crippen LogP contribution in [0.15, 0.2) is 88.3 Å². The molecule has 32 heavy (non-hydrogen) atoms. The van der Waals surface area contributed by atoms with Crippen molar-refractivity contribution in [3.63, 3.8) is 0 Å². The molecule has 0 saturated heterocycles. The summed E-state index contributed by atoms with van der Waals surface area (Å²) in [5.74, 6) is -0.241. The highest BCUT2D eigenvalue weighted by molar-refractivity contribution is 9.10. The number of nitrogens with zero attached hydrogens (tertiary/aromatic N) is 2. The summed E-state index contributed by atoms with van der Waals surface area (Å²) in [6.07, 6.45) is 0. The second-order valence-electron chi connectivity index (χ2n) is 8.65. The van der Waals surface area contributed by atoms with Crippen LogP contribution in [0.3, 0.4) is 0 Å². The summed E-state index contributed by atoms with van der Waals surface area (Å²) in [5, 5.41) is 3.09. The lowest BCUT2D eigenvalue weighted by Crippen LogP contribution is -2.52. The van der Waals surface area contributed by atoms with Gasteiger partial charge in [-0.2, -0.15) is 0 Å². The minimum atomic E-state index is -0.760. The maximum absolute atomic E-state index is 13.6. The zero-order valence-corrected chi connectivity index (χ0v) is 19.8. The quantitative estimate of drug-likeness (QED) is 0.468. The number of carbonyl (C=O) groups excluding carboxylic acids is 2. The molecule has 1 unspecified atom stereocenters. The van der Waals surface area contributed by atoms with Crippen LogP contribution in [0.4, 0.5) is 11.4 Å². The van der Waals surface area contributed by atoms with Gasteiger partial charge in [-0.1, -0.05) is 60.7 Å². The number of amides is 1. The molecule has 1 aliphatic heterocycles. The minimum absolute atomic E-state index is 0.200. The number of fused-ring (bicyclic) bond motifs is 1. The van der Waals surface area contributed by atoms with E-state index in [1.165, 1.54) is 0 Å². The fraction of sp³-hybridized carbons (Fsp3) is 0.192. The lowest BCUT2D eigenvalue weighted by molar-refractivity contribution is -0.123. The third kappa shape index (κ3) is 4.36. The van der Waals surface area contributed by atoms with Crippen molar-refractivity contribution in [3.8, 4) is 0 Å². The molecule has 0 aromatic heterocycles. The second kappa shape index (κ2) is 8.71. The van der Waals surface area contributed by atoms with Gasteiger partial charge in [0.2, 0.25) is 11.7 Å². The first kappa shape index (κ1) is 22.0. The summed E-state index contributed by atoms with van der Waals surface area (Å²) in [4.78, 5) is 33.8. The Labute approximate surface area is 196 Å². The van der Waals surface area contributed by atoms with Gasteiger partial charge in [0.1, 0.15) is 6.04 Å². The van der Waals surface area contributed by atoms with Crippen molar-refractivity contribution >= 4 is 44.8 Å². The molecule has 1 amide bonds. The van der Waals surface area contributed by atoms with Crippen molar-refractivity contribution in [3.05, 3.63) is 94.5 Å². The SMILES string of the molecule is CC(C)(C)NC(=O)C1c2ccccc2N=C(C(=O)c2ccccc2)N1c1ccccc1Br. The van der Waals surface area contributed by atoms with E-state index in [1.54, 1.807) is 17.0 Å². The molecule has 1 N–H and O–H groups in total. The topological polar surface area (TPSA) is 61.8 Å². The van der Waals surface area contributed by atoms with Crippen molar-refractivity contribution in [2.75, 3.05) is 4.90 Å². The number of anilines is 1. The van der Waals surface area contributed by atoms with Gasteiger partial charge in [-0.25, -0.2) is 4.99 Å². The predicted molar refractivity (Wildman–Crippen MR) is 132 cm³/mol. The van der Waals surface area contributed by atoms with Crippen molar-refractivity contribution in [2.45, 2.75) is 32.4 Å². The van der Waals surface area contributed by atoms with Crippen LogP contribution in [0.25, 0.3) is 0 Å². The van der Waals surface area contributed by atoms with E-state index >= 15 is 0 Å². The number of rotatable bonds is 4. The summed E-state index contributed by atoms with van der Waals surface area (Å²) < 4.78 is 0.765. The van der Waals surface area contributed by atoms with E-state index in [4.69, 9.17) is 4.99 Å². The van der Waals surface area contributed by atoms with Gasteiger partial charge in [-0.3, -0.25) is 9.59 Å². The van der Waals surface area contributed by atoms with Crippen LogP contribution >= 0.6 is 15.9 Å². The van der Waals surface area contributed by atoms with Crippen LogP contribution in [0.2, 0.25) is 0 Å². The number of hydrogen-bond acceptors (Lipinski definition) is 4. The molecule has 4 rings (SSSR count). The van der Waals surface area contributed by atoms with Gasteiger partial charge >= 0.3 is 0 Å². The van der Waals surface area contributed by atoms with Gasteiger partial charge < -0.3 is 10.2 Å². The van der Waals surface area contributed by atoms with Crippen LogP contribution in [0.1, 0.15) is 42.7 Å². The van der Waals surface area contributed by atoms with Crippen molar-refractivity contribution in [2.24, 2.45) is 4.99 Å². The monoisotopic (exact) mass is 489 g/mol. The first-order chi connectivity index (χ1) is 15.3. The molecule has 162 valence electrons. The number of Topliss-reactive ketones (excluding diaryl/α,β-unsaturated/α-hetero) is 1. The van der Waals surface area contributed by atoms with E-state index in [0.717, 1.165) is 10.0 Å². The Hall–Kier alpha value is -3.25. The third-order valence-corrected chi connectivity index (χ3v) is 5.71. The number of benzene rings is 3. The minimum Gasteiger partial charge on any atom is -0.349 e. The largest absolute Gasteiger partial charge is 0.349 e. The first-order valence-electron chi connectivity index (χ1n) is 10.4. The van der Waals surface area contributed by atoms with Crippen LogP contribution in [-0.2, 0) is 4.79 Å². The second-order valence-corrected chi connectivity index (χ2v) is 9.51. The average Bonchev–Trinajstić information content (AvgIpc) is 2.77. The summed E-state index contributed by atoms with van der Waals surface area (Å²) in [6.45, 7) is 5.81. The summed E-state index contributed by atoms with van der Waals surface area (Å²) >= 11 is 3.60. The fourth-order valence-corrected chi connectivity index (χ4v) is 4.20. The zero-order chi connectivity index (χ0) is 22.9. The van der Waals surface area contributed by atoms with E-state index in [-0.39, 0.29) is 17.5 Å². The van der Waals surface area contributed by atoms with Crippen molar-refractivity contribution in [1.29, 1.82) is 0 Å². The Morgan fingerprint density at radius 1 is 0.906 bits per heavy atom. The number of ketones is 1. The number of carbonyl (C=O) groups is 2. The normalized spacial score (nSPS) is 15.6. The standard InChI is InChI=1S/C26H24BrN3O2/c1-26(2,3)29-25(32)22-18-13-7-9-15-20(18)28-24(23(31)17-11-5-4-6-12-17)30(22)21-16-10-8-14-19(21)27/h4-16,22H,1-3H3,(H,29,32). The number of aliphatic imine (C=N–C) groups is 1. The average molecular weight is 490 g/mol. The number of halogens is 1. The molecule has 1 aliphatic rings. The maximum Gasteiger partial charge on any atom is 0.248 e. The first-order valence-corrected chi connectivity index (χ1v) is 11.2. The Balaban J connectivity index is 1.95. The highest BCUT2D eigenvalue weighted by Gasteiger charge is 2.40. The fourth-order valence-electron chi connectivity index (χ4n) is 3.73. The third-order valence-electron chi connectivity index (χ3n) is 5.04. The zero-order valence-electron chi connectivity index (χ0n) is 18.2. The summed E-state index contributed by atoms with van der Waals surface area (Å²) in [6, 6.07) is 23.3. The van der Waals surface area contributed by atoms with Gasteiger partial charge in [0, 0.05) is 21.1 Å². The molecule has 0 spiro atoms. The van der Waals surface area contributed by atoms with Crippen molar-refractivity contribution in [1.82, 2.24) is 5.32 Å². The molecule has 0 aliphatic carbocycles. The Morgan fingerprint density at radius 2 is 1.53 bits per heavy atom. The van der Waals surface area contributed by atoms with E-state index in [2.05, 4.69) is 21.2 Å². The van der Waals surface area contributed by atoms with Gasteiger partial charge in [-0.05, 0) is 54.9 Å². The maximum atomic E-state index is 13.6. The van der Waals surface area contributed by atoms with E-state index < -0.39 is 11.6 Å². The molecule has 1 heterocycles. The smallest absolute Gasteiger partial charge is 0.248 e. The van der Waals surface area contributed by atoms with Gasteiger partial charge in [0.25, 0.3) is 0 Å². The van der Waals surface area contributed by atoms with E-state index in [1.807, 2.05) is 87.5 Å². The molecule has 0 fully saturated rings. The van der Waals surface area contributed by atoms with Crippen LogP contribution in [0.5, 0.6) is 0 Å². The molecule has 3 aromatic carbocycles. The molecule has 0 bridgehead atoms. The van der Waals surface area contributed by atoms with Crippen LogP contribution in [0, 0.1) is 0 Å². The van der Waals surface area contributed by atoms with Gasteiger partial charge in [-0.15, -0.1) is 0 Å². The summed E-state index contributed by atoms with van der Waals surface area (Å²) in [5.41, 5.74) is 2.12. The number of hydrogen-bond donors (Lipinski definition) is 1. The van der Waals surface area contributed by atoms with Gasteiger partial charge in [0.05, 0.1) is 11.4 Å². The Kier molecular flexibility index (Phi) is 5.98. The Morgan fingerprint density at radius 3 is 2.22 bits per heavy atom. The highest BCUT2D eigenvalue weighted by Crippen LogP contribution is 2.41. The molecular weight excluding hydrogens is 466 g/mol. The number of para-hydroxylation sites is 2. The van der Waals surface area contributed by atoms with Crippen LogP contribution in [-0.4, -0.2) is 23.1 Å². The molecule has 6 heteroatoms. The van der Waals surface area contributed by atoms with E-state index in [9.17, 15) is 9.59 Å². The number of nitrogens with one attached hydrogen (secondary N) is 1. The van der Waals surface area contributed by atoms with Gasteiger partial charge in [0.15, 0.2) is 5.84 Å². The van der Waals surface area contributed by atoms with Crippen LogP contribution < -0.4 is 10.2 Å².